The number of allylic oxidation sites excluding steroid dienone is 2. The summed E-state index contributed by atoms with van der Waals surface area (Å²) in [5.41, 5.74) is -2.34. The molecular weight excluding hydrogens is 293 g/mol. The summed E-state index contributed by atoms with van der Waals surface area (Å²) < 4.78 is 45.9. The Morgan fingerprint density at radius 1 is 1.09 bits per heavy atom. The van der Waals surface area contributed by atoms with Crippen molar-refractivity contribution in [1.82, 2.24) is 0 Å². The third-order valence-electron chi connectivity index (χ3n) is 6.90. The fourth-order valence-electron chi connectivity index (χ4n) is 6.29. The molecule has 0 aromatic rings. The van der Waals surface area contributed by atoms with Gasteiger partial charge in [0.15, 0.2) is 0 Å². The van der Waals surface area contributed by atoms with Gasteiger partial charge in [0, 0.05) is 12.8 Å². The van der Waals surface area contributed by atoms with Gasteiger partial charge in [-0.05, 0) is 61.7 Å². The molecule has 3 saturated carbocycles. The molecule has 0 amide bonds. The number of hydrogen-bond acceptors (Lipinski definition) is 2. The van der Waals surface area contributed by atoms with E-state index in [-0.39, 0.29) is 5.92 Å². The van der Waals surface area contributed by atoms with E-state index in [4.69, 9.17) is 4.74 Å². The highest BCUT2D eigenvalue weighted by Crippen LogP contribution is 2.69. The molecule has 0 heterocycles. The Bertz CT molecular complexity index is 541. The third kappa shape index (κ3) is 1.71. The summed E-state index contributed by atoms with van der Waals surface area (Å²) in [5.74, 6) is 0.960. The van der Waals surface area contributed by atoms with Crippen LogP contribution in [0.2, 0.25) is 0 Å². The van der Waals surface area contributed by atoms with E-state index in [9.17, 15) is 18.0 Å². The van der Waals surface area contributed by atoms with Crippen molar-refractivity contribution < 1.29 is 22.7 Å². The predicted octanol–water partition coefficient (Wildman–Crippen LogP) is 3.96. The van der Waals surface area contributed by atoms with E-state index in [1.807, 2.05) is 0 Å². The fraction of sp³-hybridized carbons (Fsp3) is 0.824. The normalized spacial score (nSPS) is 47.6. The number of halogens is 3. The van der Waals surface area contributed by atoms with Gasteiger partial charge < -0.3 is 4.74 Å². The molecule has 4 bridgehead atoms. The number of hydrogen-bond donors (Lipinski definition) is 0. The van der Waals surface area contributed by atoms with Gasteiger partial charge in [-0.25, -0.2) is 0 Å². The van der Waals surface area contributed by atoms with Crippen LogP contribution in [0.1, 0.15) is 33.1 Å². The summed E-state index contributed by atoms with van der Waals surface area (Å²) in [4.78, 5) is 11.3. The molecule has 8 atom stereocenters. The summed E-state index contributed by atoms with van der Waals surface area (Å²) in [7, 11) is 0. The lowest BCUT2D eigenvalue weighted by atomic mass is 9.65. The van der Waals surface area contributed by atoms with Gasteiger partial charge in [0.05, 0.1) is 0 Å². The summed E-state index contributed by atoms with van der Waals surface area (Å²) in [6.07, 6.45) is 2.51. The van der Waals surface area contributed by atoms with E-state index in [2.05, 4.69) is 12.2 Å². The average Bonchev–Trinajstić information content (AvgIpc) is 3.14. The summed E-state index contributed by atoms with van der Waals surface area (Å²) in [6, 6.07) is 0. The topological polar surface area (TPSA) is 26.3 Å². The van der Waals surface area contributed by atoms with Crippen molar-refractivity contribution in [1.29, 1.82) is 0 Å². The molecule has 0 saturated heterocycles. The molecule has 0 spiro atoms. The highest BCUT2D eigenvalue weighted by atomic mass is 19.4. The van der Waals surface area contributed by atoms with Crippen molar-refractivity contribution in [3.05, 3.63) is 12.2 Å². The zero-order valence-electron chi connectivity index (χ0n) is 12.8. The Kier molecular flexibility index (Phi) is 2.85. The summed E-state index contributed by atoms with van der Waals surface area (Å²) >= 11 is 0. The first-order valence-corrected chi connectivity index (χ1v) is 8.17. The Labute approximate surface area is 128 Å². The molecule has 0 N–H and O–H groups in total. The van der Waals surface area contributed by atoms with E-state index in [0.717, 1.165) is 26.7 Å². The number of esters is 1. The Morgan fingerprint density at radius 2 is 1.73 bits per heavy atom. The van der Waals surface area contributed by atoms with Crippen molar-refractivity contribution in [2.75, 3.05) is 0 Å². The number of fused-ring (bicyclic) bond motifs is 9. The van der Waals surface area contributed by atoms with Gasteiger partial charge in [-0.1, -0.05) is 12.2 Å². The van der Waals surface area contributed by atoms with Crippen LogP contribution in [0.15, 0.2) is 12.2 Å². The molecule has 4 aliphatic carbocycles. The second kappa shape index (κ2) is 4.30. The molecule has 4 aliphatic rings. The fourth-order valence-corrected chi connectivity index (χ4v) is 6.29. The van der Waals surface area contributed by atoms with Crippen LogP contribution in [0, 0.1) is 41.4 Å². The van der Waals surface area contributed by atoms with Gasteiger partial charge in [0.2, 0.25) is 5.60 Å². The molecular formula is C17H21F3O2. The van der Waals surface area contributed by atoms with Crippen molar-refractivity contribution in [3.63, 3.8) is 0 Å². The predicted molar refractivity (Wildman–Crippen MR) is 73.6 cm³/mol. The largest absolute Gasteiger partial charge is 0.450 e. The van der Waals surface area contributed by atoms with Crippen molar-refractivity contribution in [2.24, 2.45) is 41.4 Å². The zero-order chi connectivity index (χ0) is 15.9. The molecule has 5 heteroatoms. The monoisotopic (exact) mass is 314 g/mol. The number of ether oxygens (including phenoxy) is 1. The summed E-state index contributed by atoms with van der Waals surface area (Å²) in [6.45, 7) is 2.15. The Balaban J connectivity index is 1.66. The van der Waals surface area contributed by atoms with Gasteiger partial charge in [-0.2, -0.15) is 13.2 Å². The lowest BCUT2D eigenvalue weighted by Gasteiger charge is -2.45. The van der Waals surface area contributed by atoms with E-state index in [1.165, 1.54) is 0 Å². The summed E-state index contributed by atoms with van der Waals surface area (Å²) in [5, 5.41) is 0. The van der Waals surface area contributed by atoms with E-state index in [1.54, 1.807) is 0 Å². The van der Waals surface area contributed by atoms with Crippen LogP contribution in [0.5, 0.6) is 0 Å². The van der Waals surface area contributed by atoms with Crippen molar-refractivity contribution in [3.8, 4) is 0 Å². The first kappa shape index (κ1) is 14.6. The van der Waals surface area contributed by atoms with Crippen LogP contribution in [0.25, 0.3) is 0 Å². The quantitative estimate of drug-likeness (QED) is 0.438. The minimum atomic E-state index is -4.52. The maximum atomic E-state index is 13.7. The van der Waals surface area contributed by atoms with Gasteiger partial charge in [-0.3, -0.25) is 4.79 Å². The molecule has 0 aliphatic heterocycles. The number of carbonyl (C=O) groups excluding carboxylic acids is 1. The Morgan fingerprint density at radius 3 is 2.32 bits per heavy atom. The number of carbonyl (C=O) groups is 1. The third-order valence-corrected chi connectivity index (χ3v) is 6.90. The molecule has 0 aromatic heterocycles. The van der Waals surface area contributed by atoms with Crippen LogP contribution >= 0.6 is 0 Å². The van der Waals surface area contributed by atoms with E-state index in [0.29, 0.717) is 36.0 Å². The van der Waals surface area contributed by atoms with Crippen LogP contribution < -0.4 is 0 Å². The Hall–Kier alpha value is -1.00. The van der Waals surface area contributed by atoms with Crippen LogP contribution in [0.4, 0.5) is 13.2 Å². The molecule has 8 unspecified atom stereocenters. The molecule has 22 heavy (non-hydrogen) atoms. The first-order chi connectivity index (χ1) is 10.2. The van der Waals surface area contributed by atoms with Crippen LogP contribution in [-0.2, 0) is 9.53 Å². The van der Waals surface area contributed by atoms with Gasteiger partial charge in [0.1, 0.15) is 0 Å². The number of rotatable bonds is 2. The molecule has 0 aromatic carbocycles. The molecule has 2 nitrogen and oxygen atoms in total. The van der Waals surface area contributed by atoms with Gasteiger partial charge in [0.25, 0.3) is 0 Å². The molecule has 0 radical (unpaired) electrons. The number of alkyl halides is 3. The van der Waals surface area contributed by atoms with Crippen LogP contribution in [0.3, 0.4) is 0 Å². The first-order valence-electron chi connectivity index (χ1n) is 8.17. The lowest BCUT2D eigenvalue weighted by Crippen LogP contribution is -2.55. The maximum absolute atomic E-state index is 13.7. The highest BCUT2D eigenvalue weighted by molar-refractivity contribution is 5.66. The standard InChI is InChI=1S/C17H21F3O2/c1-8(21)22-16(2,17(18,19)20)13-7-11-6-12(13)15-10-4-3-9(5-10)14(11)15/h3-4,9-15H,5-7H2,1-2H3. The van der Waals surface area contributed by atoms with E-state index < -0.39 is 23.7 Å². The molecule has 4 rings (SSSR count). The minimum absolute atomic E-state index is 0.0425. The highest BCUT2D eigenvalue weighted by Gasteiger charge is 2.69. The average molecular weight is 314 g/mol. The lowest BCUT2D eigenvalue weighted by molar-refractivity contribution is -0.287. The smallest absolute Gasteiger partial charge is 0.428 e. The van der Waals surface area contributed by atoms with Gasteiger partial charge >= 0.3 is 12.1 Å². The molecule has 3 fully saturated rings. The van der Waals surface area contributed by atoms with E-state index >= 15 is 0 Å². The zero-order valence-corrected chi connectivity index (χ0v) is 12.8. The molecule has 122 valence electrons. The van der Waals surface area contributed by atoms with Crippen LogP contribution in [-0.4, -0.2) is 17.7 Å². The van der Waals surface area contributed by atoms with Crippen molar-refractivity contribution >= 4 is 5.97 Å². The minimum Gasteiger partial charge on any atom is -0.450 e. The SMILES string of the molecule is CC(=O)OC(C)(C1CC2CC1C1C3C=CC(C3)C21)C(F)(F)F. The second-order valence-electron chi connectivity index (χ2n) is 7.80. The van der Waals surface area contributed by atoms with Gasteiger partial charge in [-0.15, -0.1) is 0 Å². The second-order valence-corrected chi connectivity index (χ2v) is 7.80. The van der Waals surface area contributed by atoms with Crippen molar-refractivity contribution in [2.45, 2.75) is 44.9 Å². The maximum Gasteiger partial charge on any atom is 0.428 e.